The highest BCUT2D eigenvalue weighted by molar-refractivity contribution is 6.62. The molecule has 0 radical (unpaired) electrons. The number of carboxylic acid groups (broad SMARTS) is 1. The van der Waals surface area contributed by atoms with Crippen LogP contribution in [0.1, 0.15) is 47.5 Å². The number of aliphatic carboxylic acids is 1. The zero-order valence-corrected chi connectivity index (χ0v) is 15.2. The minimum absolute atomic E-state index is 0.365. The molecule has 1 heterocycles. The van der Waals surface area contributed by atoms with Gasteiger partial charge in [-0.05, 0) is 58.1 Å². The molecule has 1 atom stereocenters. The van der Waals surface area contributed by atoms with Crippen LogP contribution in [-0.4, -0.2) is 36.0 Å². The number of hydrogen-bond acceptors (Lipinski definition) is 4. The molecule has 0 aromatic heterocycles. The van der Waals surface area contributed by atoms with Crippen molar-refractivity contribution in [2.75, 3.05) is 6.61 Å². The van der Waals surface area contributed by atoms with Crippen LogP contribution in [0.3, 0.4) is 0 Å². The third kappa shape index (κ3) is 4.11. The smallest absolute Gasteiger partial charge is 0.494 e. The van der Waals surface area contributed by atoms with E-state index in [-0.39, 0.29) is 17.1 Å². The monoisotopic (exact) mass is 334 g/mol. The van der Waals surface area contributed by atoms with Crippen molar-refractivity contribution in [2.45, 2.75) is 58.7 Å². The average Bonchev–Trinajstić information content (AvgIpc) is 2.72. The van der Waals surface area contributed by atoms with Crippen LogP contribution in [0, 0.1) is 5.92 Å². The lowest BCUT2D eigenvalue weighted by Gasteiger charge is -2.32. The normalized spacial score (nSPS) is 20.0. The second-order valence-electron chi connectivity index (χ2n) is 7.24. The van der Waals surface area contributed by atoms with Crippen molar-refractivity contribution in [3.05, 3.63) is 24.3 Å². The van der Waals surface area contributed by atoms with Crippen LogP contribution in [0.25, 0.3) is 0 Å². The standard InChI is InChI=1S/C18H27BO5/c1-6-13(16(20)21)10-11-22-15-9-7-8-14(12-15)19-23-17(2,3)18(4,5)24-19/h7-9,12-13H,6,10-11H2,1-5H3,(H,20,21). The first-order chi connectivity index (χ1) is 11.2. The number of benzene rings is 1. The molecule has 0 spiro atoms. The molecule has 6 heteroatoms. The molecule has 132 valence electrons. The lowest BCUT2D eigenvalue weighted by molar-refractivity contribution is -0.142. The molecular formula is C18H27BO5. The maximum Gasteiger partial charge on any atom is 0.494 e. The maximum absolute atomic E-state index is 11.0. The molecule has 0 amide bonds. The Morgan fingerprint density at radius 3 is 2.42 bits per heavy atom. The van der Waals surface area contributed by atoms with Crippen molar-refractivity contribution >= 4 is 18.6 Å². The van der Waals surface area contributed by atoms with Gasteiger partial charge in [0.05, 0.1) is 23.7 Å². The summed E-state index contributed by atoms with van der Waals surface area (Å²) in [5, 5.41) is 9.07. The van der Waals surface area contributed by atoms with Gasteiger partial charge in [0.2, 0.25) is 0 Å². The second-order valence-corrected chi connectivity index (χ2v) is 7.24. The summed E-state index contributed by atoms with van der Waals surface area (Å²) >= 11 is 0. The van der Waals surface area contributed by atoms with E-state index in [9.17, 15) is 4.79 Å². The second kappa shape index (κ2) is 7.15. The van der Waals surface area contributed by atoms with E-state index >= 15 is 0 Å². The van der Waals surface area contributed by atoms with E-state index in [1.165, 1.54) is 0 Å². The predicted molar refractivity (Wildman–Crippen MR) is 93.7 cm³/mol. The van der Waals surface area contributed by atoms with E-state index in [1.807, 2.05) is 58.9 Å². The first-order valence-electron chi connectivity index (χ1n) is 8.47. The SMILES string of the molecule is CCC(CCOc1cccc(B2OC(C)(C)C(C)(C)O2)c1)C(=O)O. The van der Waals surface area contributed by atoms with Gasteiger partial charge in [-0.3, -0.25) is 4.79 Å². The van der Waals surface area contributed by atoms with Crippen LogP contribution in [0.2, 0.25) is 0 Å². The first-order valence-corrected chi connectivity index (χ1v) is 8.47. The molecule has 1 aliphatic rings. The van der Waals surface area contributed by atoms with Crippen LogP contribution in [0.5, 0.6) is 5.75 Å². The molecule has 0 bridgehead atoms. The van der Waals surface area contributed by atoms with Gasteiger partial charge >= 0.3 is 13.1 Å². The van der Waals surface area contributed by atoms with Crippen molar-refractivity contribution in [1.29, 1.82) is 0 Å². The number of hydrogen-bond donors (Lipinski definition) is 1. The Hall–Kier alpha value is -1.53. The number of ether oxygens (including phenoxy) is 1. The van der Waals surface area contributed by atoms with Crippen molar-refractivity contribution in [3.8, 4) is 5.75 Å². The van der Waals surface area contributed by atoms with Gasteiger partial charge in [0.1, 0.15) is 5.75 Å². The zero-order chi connectivity index (χ0) is 18.0. The fourth-order valence-corrected chi connectivity index (χ4v) is 2.55. The molecule has 1 saturated heterocycles. The Morgan fingerprint density at radius 2 is 1.88 bits per heavy atom. The minimum Gasteiger partial charge on any atom is -0.494 e. The van der Waals surface area contributed by atoms with Crippen LogP contribution < -0.4 is 10.2 Å². The summed E-state index contributed by atoms with van der Waals surface area (Å²) in [5.41, 5.74) is 0.130. The number of carbonyl (C=O) groups is 1. The number of carboxylic acids is 1. The molecule has 5 nitrogen and oxygen atoms in total. The number of rotatable bonds is 7. The van der Waals surface area contributed by atoms with Gasteiger partial charge in [0.25, 0.3) is 0 Å². The summed E-state index contributed by atoms with van der Waals surface area (Å²) < 4.78 is 17.8. The topological polar surface area (TPSA) is 65.0 Å². The van der Waals surface area contributed by atoms with Gasteiger partial charge < -0.3 is 19.2 Å². The Bertz CT molecular complexity index is 569. The van der Waals surface area contributed by atoms with Crippen molar-refractivity contribution in [2.24, 2.45) is 5.92 Å². The summed E-state index contributed by atoms with van der Waals surface area (Å²) in [6, 6.07) is 7.59. The third-order valence-electron chi connectivity index (χ3n) is 4.96. The predicted octanol–water partition coefficient (Wildman–Crippen LogP) is 2.87. The fourth-order valence-electron chi connectivity index (χ4n) is 2.55. The molecule has 1 aromatic carbocycles. The third-order valence-corrected chi connectivity index (χ3v) is 4.96. The van der Waals surface area contributed by atoms with Gasteiger partial charge in [-0.15, -0.1) is 0 Å². The summed E-state index contributed by atoms with van der Waals surface area (Å²) in [7, 11) is -0.430. The van der Waals surface area contributed by atoms with Gasteiger partial charge in [-0.2, -0.15) is 0 Å². The van der Waals surface area contributed by atoms with E-state index in [0.29, 0.717) is 25.2 Å². The first kappa shape index (κ1) is 18.8. The van der Waals surface area contributed by atoms with Gasteiger partial charge in [0.15, 0.2) is 0 Å². The molecule has 1 unspecified atom stereocenters. The highest BCUT2D eigenvalue weighted by Crippen LogP contribution is 2.36. The molecule has 1 fully saturated rings. The summed E-state index contributed by atoms with van der Waals surface area (Å²) in [5.74, 6) is -0.439. The largest absolute Gasteiger partial charge is 0.494 e. The molecule has 1 aliphatic heterocycles. The quantitative estimate of drug-likeness (QED) is 0.777. The van der Waals surface area contributed by atoms with Crippen LogP contribution >= 0.6 is 0 Å². The summed E-state index contributed by atoms with van der Waals surface area (Å²) in [6.45, 7) is 10.3. The molecule has 1 aromatic rings. The molecule has 2 rings (SSSR count). The molecule has 24 heavy (non-hydrogen) atoms. The molecule has 1 N–H and O–H groups in total. The Morgan fingerprint density at radius 1 is 1.25 bits per heavy atom. The van der Waals surface area contributed by atoms with E-state index in [4.69, 9.17) is 19.2 Å². The lowest BCUT2D eigenvalue weighted by Crippen LogP contribution is -2.41. The van der Waals surface area contributed by atoms with Crippen LogP contribution in [0.15, 0.2) is 24.3 Å². The molecule has 0 saturated carbocycles. The van der Waals surface area contributed by atoms with Gasteiger partial charge in [-0.25, -0.2) is 0 Å². The highest BCUT2D eigenvalue weighted by Gasteiger charge is 2.51. The minimum atomic E-state index is -0.771. The van der Waals surface area contributed by atoms with Gasteiger partial charge in [-0.1, -0.05) is 19.1 Å². The Labute approximate surface area is 144 Å². The molecular weight excluding hydrogens is 307 g/mol. The zero-order valence-electron chi connectivity index (χ0n) is 15.2. The van der Waals surface area contributed by atoms with Crippen molar-refractivity contribution in [1.82, 2.24) is 0 Å². The van der Waals surface area contributed by atoms with Crippen LogP contribution in [0.4, 0.5) is 0 Å². The fraction of sp³-hybridized carbons (Fsp3) is 0.611. The van der Waals surface area contributed by atoms with E-state index in [0.717, 1.165) is 5.46 Å². The van der Waals surface area contributed by atoms with E-state index in [1.54, 1.807) is 0 Å². The van der Waals surface area contributed by atoms with Crippen molar-refractivity contribution < 1.29 is 23.9 Å². The lowest BCUT2D eigenvalue weighted by atomic mass is 9.79. The maximum atomic E-state index is 11.0. The van der Waals surface area contributed by atoms with Crippen LogP contribution in [-0.2, 0) is 14.1 Å². The summed E-state index contributed by atoms with van der Waals surface area (Å²) in [6.07, 6.45) is 1.10. The van der Waals surface area contributed by atoms with E-state index in [2.05, 4.69) is 0 Å². The van der Waals surface area contributed by atoms with Crippen molar-refractivity contribution in [3.63, 3.8) is 0 Å². The average molecular weight is 334 g/mol. The molecule has 0 aliphatic carbocycles. The summed E-state index contributed by atoms with van der Waals surface area (Å²) in [4.78, 5) is 11.0. The van der Waals surface area contributed by atoms with Gasteiger partial charge in [0, 0.05) is 0 Å². The Balaban J connectivity index is 1.99. The highest BCUT2D eigenvalue weighted by atomic mass is 16.7. The Kier molecular flexibility index (Phi) is 5.61. The van der Waals surface area contributed by atoms with E-state index < -0.39 is 13.1 Å².